The largest absolute Gasteiger partial charge is 0.473 e. The lowest BCUT2D eigenvalue weighted by Gasteiger charge is -2.14. The second kappa shape index (κ2) is 8.73. The number of benzene rings is 2. The van der Waals surface area contributed by atoms with Crippen LogP contribution in [0.2, 0.25) is 5.02 Å². The Morgan fingerprint density at radius 1 is 1.11 bits per heavy atom. The minimum atomic E-state index is -0.495. The highest BCUT2D eigenvalue weighted by atomic mass is 35.5. The molecule has 0 bridgehead atoms. The number of anilines is 1. The van der Waals surface area contributed by atoms with E-state index in [1.165, 1.54) is 0 Å². The lowest BCUT2D eigenvalue weighted by molar-refractivity contribution is 0.252. The topological polar surface area (TPSA) is 89.3 Å². The molecule has 2 aromatic carbocycles. The van der Waals surface area contributed by atoms with Gasteiger partial charge in [-0.05, 0) is 49.2 Å². The molecular weight excluding hydrogens is 376 g/mol. The first-order valence-electron chi connectivity index (χ1n) is 8.70. The Hall–Kier alpha value is -3.09. The number of nitrogens with zero attached hydrogens (tertiary/aromatic N) is 1. The van der Waals surface area contributed by atoms with E-state index in [0.717, 1.165) is 27.9 Å². The van der Waals surface area contributed by atoms with E-state index in [4.69, 9.17) is 22.2 Å². The maximum Gasteiger partial charge on any atom is 0.333 e. The van der Waals surface area contributed by atoms with Gasteiger partial charge in [0.2, 0.25) is 5.88 Å². The van der Waals surface area contributed by atoms with E-state index in [0.29, 0.717) is 16.6 Å². The van der Waals surface area contributed by atoms with Crippen LogP contribution in [0.15, 0.2) is 54.6 Å². The second-order valence-corrected chi connectivity index (χ2v) is 6.74. The number of urea groups is 1. The van der Waals surface area contributed by atoms with Crippen molar-refractivity contribution in [3.8, 4) is 17.1 Å². The van der Waals surface area contributed by atoms with Crippen LogP contribution >= 0.6 is 11.6 Å². The van der Waals surface area contributed by atoms with Gasteiger partial charge in [-0.3, -0.25) is 5.43 Å². The zero-order chi connectivity index (χ0) is 20.1. The number of carbonyl (C=O) groups excluding carboxylic acids is 1. The molecule has 28 heavy (non-hydrogen) atoms. The molecule has 144 valence electrons. The molecule has 3 aromatic rings. The lowest BCUT2D eigenvalue weighted by atomic mass is 10.1. The Kier molecular flexibility index (Phi) is 6.13. The zero-order valence-electron chi connectivity index (χ0n) is 15.6. The average Bonchev–Trinajstić information content (AvgIpc) is 2.67. The maximum atomic E-state index is 11.6. The van der Waals surface area contributed by atoms with Gasteiger partial charge in [0, 0.05) is 27.9 Å². The first-order valence-corrected chi connectivity index (χ1v) is 9.08. The summed E-state index contributed by atoms with van der Waals surface area (Å²) in [6.07, 6.45) is 0. The van der Waals surface area contributed by atoms with E-state index >= 15 is 0 Å². The van der Waals surface area contributed by atoms with Gasteiger partial charge in [0.25, 0.3) is 0 Å². The highest BCUT2D eigenvalue weighted by molar-refractivity contribution is 6.30. The molecule has 4 N–H and O–H groups in total. The molecule has 6 nitrogen and oxygen atoms in total. The van der Waals surface area contributed by atoms with Crippen molar-refractivity contribution in [1.82, 2.24) is 10.4 Å². The predicted octanol–water partition coefficient (Wildman–Crippen LogP) is 4.59. The van der Waals surface area contributed by atoms with Gasteiger partial charge in [0.15, 0.2) is 0 Å². The molecule has 0 aliphatic heterocycles. The van der Waals surface area contributed by atoms with Crippen molar-refractivity contribution in [3.63, 3.8) is 0 Å². The van der Waals surface area contributed by atoms with Gasteiger partial charge in [0.05, 0.1) is 5.69 Å². The van der Waals surface area contributed by atoms with Crippen molar-refractivity contribution in [2.45, 2.75) is 20.5 Å². The SMILES string of the molecule is Cc1cc(Cl)ccc1-c1cccc(OCc2c(C)cccc2NC(=O)NN)n1. The molecule has 0 unspecified atom stereocenters. The summed E-state index contributed by atoms with van der Waals surface area (Å²) in [7, 11) is 0. The van der Waals surface area contributed by atoms with Crippen LogP contribution < -0.4 is 21.3 Å². The number of ether oxygens (including phenoxy) is 1. The fourth-order valence-electron chi connectivity index (χ4n) is 2.88. The Bertz CT molecular complexity index is 1010. The summed E-state index contributed by atoms with van der Waals surface area (Å²) in [6, 6.07) is 16.4. The van der Waals surface area contributed by atoms with Crippen molar-refractivity contribution in [2.24, 2.45) is 5.84 Å². The molecular formula is C21H21ClN4O2. The number of nitrogens with two attached hydrogens (primary N) is 1. The maximum absolute atomic E-state index is 11.6. The van der Waals surface area contributed by atoms with E-state index in [-0.39, 0.29) is 6.61 Å². The third-order valence-corrected chi connectivity index (χ3v) is 4.58. The number of pyridine rings is 1. The van der Waals surface area contributed by atoms with Crippen LogP contribution in [0.5, 0.6) is 5.88 Å². The minimum absolute atomic E-state index is 0.253. The first-order chi connectivity index (χ1) is 13.5. The van der Waals surface area contributed by atoms with Crippen LogP contribution in [0.25, 0.3) is 11.3 Å². The molecule has 0 aliphatic rings. The van der Waals surface area contributed by atoms with E-state index in [1.54, 1.807) is 12.1 Å². The third kappa shape index (κ3) is 4.60. The van der Waals surface area contributed by atoms with Gasteiger partial charge in [-0.25, -0.2) is 15.6 Å². The fraction of sp³-hybridized carbons (Fsp3) is 0.143. The summed E-state index contributed by atoms with van der Waals surface area (Å²) in [5, 5.41) is 3.39. The number of aromatic nitrogens is 1. The van der Waals surface area contributed by atoms with Gasteiger partial charge < -0.3 is 10.1 Å². The number of carbonyl (C=O) groups is 1. The van der Waals surface area contributed by atoms with Crippen LogP contribution in [0.1, 0.15) is 16.7 Å². The molecule has 0 spiro atoms. The van der Waals surface area contributed by atoms with E-state index in [1.807, 2.05) is 56.3 Å². The average molecular weight is 397 g/mol. The Labute approximate surface area is 168 Å². The number of aryl methyl sites for hydroxylation is 2. The molecule has 0 saturated heterocycles. The molecule has 2 amide bonds. The number of amides is 2. The third-order valence-electron chi connectivity index (χ3n) is 4.34. The number of hydrogen-bond acceptors (Lipinski definition) is 4. The fourth-order valence-corrected chi connectivity index (χ4v) is 3.10. The molecule has 0 radical (unpaired) electrons. The number of rotatable bonds is 5. The Balaban J connectivity index is 1.82. The van der Waals surface area contributed by atoms with E-state index in [9.17, 15) is 4.79 Å². The normalized spacial score (nSPS) is 10.4. The molecule has 0 atom stereocenters. The highest BCUT2D eigenvalue weighted by Gasteiger charge is 2.11. The van der Waals surface area contributed by atoms with Crippen LogP contribution in [0, 0.1) is 13.8 Å². The van der Waals surface area contributed by atoms with Crippen molar-refractivity contribution in [2.75, 3.05) is 5.32 Å². The molecule has 1 heterocycles. The van der Waals surface area contributed by atoms with Crippen LogP contribution in [-0.4, -0.2) is 11.0 Å². The highest BCUT2D eigenvalue weighted by Crippen LogP contribution is 2.27. The summed E-state index contributed by atoms with van der Waals surface area (Å²) >= 11 is 6.04. The van der Waals surface area contributed by atoms with Gasteiger partial charge in [-0.2, -0.15) is 0 Å². The lowest BCUT2D eigenvalue weighted by Crippen LogP contribution is -2.34. The molecule has 3 rings (SSSR count). The van der Waals surface area contributed by atoms with Gasteiger partial charge in [0.1, 0.15) is 6.61 Å². The molecule has 1 aromatic heterocycles. The summed E-state index contributed by atoms with van der Waals surface area (Å²) in [4.78, 5) is 16.2. The van der Waals surface area contributed by atoms with Crippen molar-refractivity contribution >= 4 is 23.3 Å². The van der Waals surface area contributed by atoms with E-state index < -0.39 is 6.03 Å². The molecule has 7 heteroatoms. The second-order valence-electron chi connectivity index (χ2n) is 6.31. The standard InChI is InChI=1S/C21H21ClN4O2/c1-13-5-3-6-19(25-21(27)26-23)17(13)12-28-20-8-4-7-18(24-20)16-10-9-15(22)11-14(16)2/h3-11H,12,23H2,1-2H3,(H2,25,26,27). The number of nitrogens with one attached hydrogen (secondary N) is 2. The van der Waals surface area contributed by atoms with Crippen LogP contribution in [0.3, 0.4) is 0 Å². The van der Waals surface area contributed by atoms with Crippen molar-refractivity contribution in [1.29, 1.82) is 0 Å². The molecule has 0 saturated carbocycles. The predicted molar refractivity (Wildman–Crippen MR) is 111 cm³/mol. The van der Waals surface area contributed by atoms with Gasteiger partial charge in [-0.15, -0.1) is 0 Å². The Morgan fingerprint density at radius 3 is 2.64 bits per heavy atom. The molecule has 0 aliphatic carbocycles. The number of hydrogen-bond donors (Lipinski definition) is 3. The first kappa shape index (κ1) is 19.7. The van der Waals surface area contributed by atoms with E-state index in [2.05, 4.69) is 15.7 Å². The monoisotopic (exact) mass is 396 g/mol. The molecule has 0 fully saturated rings. The summed E-state index contributed by atoms with van der Waals surface area (Å²) in [5.41, 5.74) is 7.36. The van der Waals surface area contributed by atoms with Crippen LogP contribution in [0.4, 0.5) is 10.5 Å². The van der Waals surface area contributed by atoms with Gasteiger partial charge >= 0.3 is 6.03 Å². The summed E-state index contributed by atoms with van der Waals surface area (Å²) in [6.45, 7) is 4.19. The summed E-state index contributed by atoms with van der Waals surface area (Å²) < 4.78 is 5.91. The number of hydrazine groups is 1. The van der Waals surface area contributed by atoms with Crippen molar-refractivity contribution in [3.05, 3.63) is 76.3 Å². The van der Waals surface area contributed by atoms with Crippen LogP contribution in [-0.2, 0) is 6.61 Å². The number of halogens is 1. The van der Waals surface area contributed by atoms with Gasteiger partial charge in [-0.1, -0.05) is 35.9 Å². The van der Waals surface area contributed by atoms with Crippen molar-refractivity contribution < 1.29 is 9.53 Å². The Morgan fingerprint density at radius 2 is 1.89 bits per heavy atom. The summed E-state index contributed by atoms with van der Waals surface area (Å²) in [5.74, 6) is 5.65. The zero-order valence-corrected chi connectivity index (χ0v) is 16.4. The quantitative estimate of drug-likeness (QED) is 0.334. The smallest absolute Gasteiger partial charge is 0.333 e. The minimum Gasteiger partial charge on any atom is -0.473 e.